The first-order valence-electron chi connectivity index (χ1n) is 12.5. The number of ether oxygens (including phenoxy) is 2. The number of methoxy groups -OCH3 is 2. The predicted molar refractivity (Wildman–Crippen MR) is 146 cm³/mol. The smallest absolute Gasteiger partial charge is 0.261 e. The van der Waals surface area contributed by atoms with Gasteiger partial charge < -0.3 is 19.4 Å². The normalized spacial score (nSPS) is 11.3. The van der Waals surface area contributed by atoms with Gasteiger partial charge in [0.1, 0.15) is 11.4 Å². The molecular weight excluding hydrogens is 480 g/mol. The van der Waals surface area contributed by atoms with Gasteiger partial charge in [-0.15, -0.1) is 0 Å². The fraction of sp³-hybridized carbons (Fsp3) is 0.241. The average Bonchev–Trinajstić information content (AvgIpc) is 3.55. The molecule has 0 saturated carbocycles. The van der Waals surface area contributed by atoms with Crippen LogP contribution in [0, 0.1) is 0 Å². The van der Waals surface area contributed by atoms with Crippen LogP contribution in [0.25, 0.3) is 11.2 Å². The maximum absolute atomic E-state index is 13.3. The molecule has 5 aromatic rings. The van der Waals surface area contributed by atoms with Gasteiger partial charge >= 0.3 is 0 Å². The largest absolute Gasteiger partial charge is 0.480 e. The van der Waals surface area contributed by atoms with E-state index in [9.17, 15) is 4.79 Å². The van der Waals surface area contributed by atoms with E-state index in [1.807, 2.05) is 36.4 Å². The van der Waals surface area contributed by atoms with Crippen molar-refractivity contribution in [2.45, 2.75) is 25.9 Å². The van der Waals surface area contributed by atoms with Crippen LogP contribution in [-0.2, 0) is 17.8 Å². The lowest BCUT2D eigenvalue weighted by Crippen LogP contribution is -2.14. The van der Waals surface area contributed by atoms with Crippen molar-refractivity contribution in [2.75, 3.05) is 26.1 Å². The van der Waals surface area contributed by atoms with E-state index in [1.165, 1.54) is 7.11 Å². The summed E-state index contributed by atoms with van der Waals surface area (Å²) in [5.41, 5.74) is 4.44. The highest BCUT2D eigenvalue weighted by Gasteiger charge is 2.26. The quantitative estimate of drug-likeness (QED) is 0.292. The molecule has 2 aromatic carbocycles. The number of anilines is 1. The first kappa shape index (κ1) is 25.2. The SMILES string of the molecule is CCn1c(C(c2ccccc2)c2ccccc2)nc2nc(OC)c(C(=O)Nc3cnn(CCOC)c3)cc21. The third-order valence-electron chi connectivity index (χ3n) is 6.43. The molecule has 0 fully saturated rings. The van der Waals surface area contributed by atoms with Gasteiger partial charge in [0.15, 0.2) is 5.65 Å². The molecule has 0 aliphatic rings. The molecule has 38 heavy (non-hydrogen) atoms. The Balaban J connectivity index is 1.57. The molecule has 0 aliphatic carbocycles. The van der Waals surface area contributed by atoms with Crippen molar-refractivity contribution >= 4 is 22.8 Å². The number of amides is 1. The summed E-state index contributed by atoms with van der Waals surface area (Å²) in [5, 5.41) is 7.16. The highest BCUT2D eigenvalue weighted by Crippen LogP contribution is 2.34. The number of nitrogens with one attached hydrogen (secondary N) is 1. The first-order chi connectivity index (χ1) is 18.6. The summed E-state index contributed by atoms with van der Waals surface area (Å²) >= 11 is 0. The lowest BCUT2D eigenvalue weighted by atomic mass is 9.90. The van der Waals surface area contributed by atoms with Crippen molar-refractivity contribution in [2.24, 2.45) is 0 Å². The third-order valence-corrected chi connectivity index (χ3v) is 6.43. The van der Waals surface area contributed by atoms with Gasteiger partial charge in [0, 0.05) is 19.9 Å². The fourth-order valence-electron chi connectivity index (χ4n) is 4.64. The molecule has 0 spiro atoms. The summed E-state index contributed by atoms with van der Waals surface area (Å²) in [6.45, 7) is 3.84. The number of nitrogens with zero attached hydrogens (tertiary/aromatic N) is 5. The minimum atomic E-state index is -0.337. The van der Waals surface area contributed by atoms with Gasteiger partial charge in [0.2, 0.25) is 5.88 Å². The Morgan fingerprint density at radius 3 is 2.29 bits per heavy atom. The summed E-state index contributed by atoms with van der Waals surface area (Å²) < 4.78 is 14.4. The summed E-state index contributed by atoms with van der Waals surface area (Å²) in [6.07, 6.45) is 3.36. The first-order valence-corrected chi connectivity index (χ1v) is 12.5. The van der Waals surface area contributed by atoms with Crippen LogP contribution in [0.3, 0.4) is 0 Å². The summed E-state index contributed by atoms with van der Waals surface area (Å²) in [6, 6.07) is 22.4. The van der Waals surface area contributed by atoms with Crippen LogP contribution in [0.15, 0.2) is 79.1 Å². The minimum Gasteiger partial charge on any atom is -0.480 e. The van der Waals surface area contributed by atoms with E-state index >= 15 is 0 Å². The minimum absolute atomic E-state index is 0.104. The molecule has 9 heteroatoms. The topological polar surface area (TPSA) is 96.1 Å². The van der Waals surface area contributed by atoms with Crippen LogP contribution in [0.2, 0.25) is 0 Å². The van der Waals surface area contributed by atoms with Crippen molar-refractivity contribution in [3.63, 3.8) is 0 Å². The maximum Gasteiger partial charge on any atom is 0.261 e. The van der Waals surface area contributed by atoms with Gasteiger partial charge in [-0.05, 0) is 24.1 Å². The van der Waals surface area contributed by atoms with Crippen molar-refractivity contribution < 1.29 is 14.3 Å². The van der Waals surface area contributed by atoms with Crippen LogP contribution in [-0.4, -0.2) is 51.0 Å². The Bertz CT molecular complexity index is 1490. The van der Waals surface area contributed by atoms with E-state index in [1.54, 1.807) is 30.3 Å². The van der Waals surface area contributed by atoms with E-state index < -0.39 is 0 Å². The molecule has 0 aliphatic heterocycles. The lowest BCUT2D eigenvalue weighted by Gasteiger charge is -2.19. The van der Waals surface area contributed by atoms with Gasteiger partial charge in [-0.1, -0.05) is 60.7 Å². The van der Waals surface area contributed by atoms with E-state index in [-0.39, 0.29) is 17.7 Å². The van der Waals surface area contributed by atoms with E-state index in [2.05, 4.69) is 51.2 Å². The summed E-state index contributed by atoms with van der Waals surface area (Å²) in [4.78, 5) is 22.9. The molecule has 3 heterocycles. The number of aryl methyl sites for hydroxylation is 1. The van der Waals surface area contributed by atoms with Crippen molar-refractivity contribution in [1.82, 2.24) is 24.3 Å². The van der Waals surface area contributed by atoms with Crippen LogP contribution in [0.5, 0.6) is 5.88 Å². The molecule has 0 atom stereocenters. The zero-order valence-electron chi connectivity index (χ0n) is 21.7. The van der Waals surface area contributed by atoms with Gasteiger partial charge in [0.05, 0.1) is 43.6 Å². The third kappa shape index (κ3) is 5.01. The Morgan fingerprint density at radius 1 is 1.00 bits per heavy atom. The van der Waals surface area contributed by atoms with Crippen LogP contribution in [0.4, 0.5) is 5.69 Å². The number of benzene rings is 2. The van der Waals surface area contributed by atoms with Crippen molar-refractivity contribution in [1.29, 1.82) is 0 Å². The molecule has 1 amide bonds. The van der Waals surface area contributed by atoms with Gasteiger partial charge in [-0.3, -0.25) is 9.48 Å². The van der Waals surface area contributed by atoms with E-state index in [0.29, 0.717) is 36.6 Å². The number of imidazole rings is 1. The van der Waals surface area contributed by atoms with Crippen molar-refractivity contribution in [3.05, 3.63) is 102 Å². The van der Waals surface area contributed by atoms with Gasteiger partial charge in [-0.25, -0.2) is 4.98 Å². The molecule has 0 bridgehead atoms. The number of aromatic nitrogens is 5. The second kappa shape index (κ2) is 11.3. The Labute approximate surface area is 221 Å². The molecule has 5 rings (SSSR count). The molecule has 0 radical (unpaired) electrons. The van der Waals surface area contributed by atoms with E-state index in [0.717, 1.165) is 22.5 Å². The van der Waals surface area contributed by atoms with Crippen LogP contribution >= 0.6 is 0 Å². The zero-order valence-corrected chi connectivity index (χ0v) is 21.7. The number of fused-ring (bicyclic) bond motifs is 1. The Morgan fingerprint density at radius 2 is 1.68 bits per heavy atom. The average molecular weight is 511 g/mol. The number of hydrogen-bond donors (Lipinski definition) is 1. The number of rotatable bonds is 10. The van der Waals surface area contributed by atoms with Crippen LogP contribution < -0.4 is 10.1 Å². The number of hydrogen-bond acceptors (Lipinski definition) is 6. The Hall–Kier alpha value is -4.50. The molecule has 194 valence electrons. The molecule has 1 N–H and O–H groups in total. The van der Waals surface area contributed by atoms with E-state index in [4.69, 9.17) is 14.5 Å². The zero-order chi connectivity index (χ0) is 26.5. The molecule has 9 nitrogen and oxygen atoms in total. The summed E-state index contributed by atoms with van der Waals surface area (Å²) in [5.74, 6) is 0.625. The number of carbonyl (C=O) groups is 1. The molecule has 0 unspecified atom stereocenters. The number of carbonyl (C=O) groups excluding carboxylic acids is 1. The fourth-order valence-corrected chi connectivity index (χ4v) is 4.64. The number of pyridine rings is 1. The Kier molecular flexibility index (Phi) is 7.46. The standard InChI is InChI=1S/C29H30N6O3/c1-4-35-24-17-23(28(36)31-22-18-30-34(19-22)15-16-37-2)29(38-3)33-26(24)32-27(35)25(20-11-7-5-8-12-20)21-13-9-6-10-14-21/h5-14,17-19,25H,4,15-16H2,1-3H3,(H,31,36). The van der Waals surface area contributed by atoms with Gasteiger partial charge in [0.25, 0.3) is 5.91 Å². The molecule has 0 saturated heterocycles. The second-order valence-corrected chi connectivity index (χ2v) is 8.80. The van der Waals surface area contributed by atoms with Crippen LogP contribution in [0.1, 0.15) is 40.2 Å². The molecular formula is C29H30N6O3. The highest BCUT2D eigenvalue weighted by atomic mass is 16.5. The predicted octanol–water partition coefficient (Wildman–Crippen LogP) is 4.74. The lowest BCUT2D eigenvalue weighted by molar-refractivity contribution is 0.102. The maximum atomic E-state index is 13.3. The second-order valence-electron chi connectivity index (χ2n) is 8.80. The monoisotopic (exact) mass is 510 g/mol. The van der Waals surface area contributed by atoms with Gasteiger partial charge in [-0.2, -0.15) is 10.1 Å². The molecule has 3 aromatic heterocycles. The summed E-state index contributed by atoms with van der Waals surface area (Å²) in [7, 11) is 3.14. The highest BCUT2D eigenvalue weighted by molar-refractivity contribution is 6.07. The van der Waals surface area contributed by atoms with Crippen molar-refractivity contribution in [3.8, 4) is 5.88 Å².